The summed E-state index contributed by atoms with van der Waals surface area (Å²) in [6.45, 7) is 2.22. The SMILES string of the molecule is CCCCCCCCCCCCC(N)S(=O)(=O)O. The van der Waals surface area contributed by atoms with Crippen LogP contribution in [0.5, 0.6) is 0 Å². The van der Waals surface area contributed by atoms with Crippen LogP contribution in [-0.2, 0) is 10.1 Å². The minimum Gasteiger partial charge on any atom is -0.313 e. The van der Waals surface area contributed by atoms with Crippen molar-refractivity contribution in [1.29, 1.82) is 0 Å². The van der Waals surface area contributed by atoms with Crippen molar-refractivity contribution in [3.63, 3.8) is 0 Å². The van der Waals surface area contributed by atoms with Gasteiger partial charge in [0.15, 0.2) is 0 Å². The fraction of sp³-hybridized carbons (Fsp3) is 1.00. The van der Waals surface area contributed by atoms with Gasteiger partial charge in [0.25, 0.3) is 10.1 Å². The molecule has 0 saturated heterocycles. The summed E-state index contributed by atoms with van der Waals surface area (Å²) in [7, 11) is -4.04. The zero-order chi connectivity index (χ0) is 13.9. The first kappa shape index (κ1) is 17.9. The summed E-state index contributed by atoms with van der Waals surface area (Å²) >= 11 is 0. The standard InChI is InChI=1S/C13H29NO3S/c1-2-3-4-5-6-7-8-9-10-11-12-13(14)18(15,16)17/h13H,2-12,14H2,1H3,(H,15,16,17). The van der Waals surface area contributed by atoms with Gasteiger partial charge in [0, 0.05) is 0 Å². The molecular weight excluding hydrogens is 250 g/mol. The van der Waals surface area contributed by atoms with E-state index in [1.165, 1.54) is 44.9 Å². The lowest BCUT2D eigenvalue weighted by Gasteiger charge is -2.07. The van der Waals surface area contributed by atoms with Gasteiger partial charge in [-0.1, -0.05) is 71.1 Å². The molecule has 1 unspecified atom stereocenters. The quantitative estimate of drug-likeness (QED) is 0.423. The first-order valence-corrected chi connectivity index (χ1v) is 8.70. The maximum absolute atomic E-state index is 10.7. The summed E-state index contributed by atoms with van der Waals surface area (Å²) in [5.41, 5.74) is 5.32. The Morgan fingerprint density at radius 2 is 1.28 bits per heavy atom. The first-order chi connectivity index (χ1) is 8.48. The molecule has 0 aliphatic carbocycles. The van der Waals surface area contributed by atoms with E-state index in [9.17, 15) is 8.42 Å². The van der Waals surface area contributed by atoms with E-state index in [0.717, 1.165) is 19.3 Å². The lowest BCUT2D eigenvalue weighted by atomic mass is 10.1. The lowest BCUT2D eigenvalue weighted by molar-refractivity contribution is 0.457. The molecule has 18 heavy (non-hydrogen) atoms. The van der Waals surface area contributed by atoms with Crippen LogP contribution in [0.4, 0.5) is 0 Å². The molecule has 0 amide bonds. The Morgan fingerprint density at radius 1 is 0.889 bits per heavy atom. The lowest BCUT2D eigenvalue weighted by Crippen LogP contribution is -2.29. The molecule has 0 aliphatic heterocycles. The van der Waals surface area contributed by atoms with Crippen LogP contribution >= 0.6 is 0 Å². The molecule has 0 saturated carbocycles. The minimum absolute atomic E-state index is 0.356. The average molecular weight is 279 g/mol. The molecule has 0 heterocycles. The first-order valence-electron chi connectivity index (χ1n) is 7.20. The maximum Gasteiger partial charge on any atom is 0.280 e. The van der Waals surface area contributed by atoms with Crippen molar-refractivity contribution in [2.75, 3.05) is 0 Å². The van der Waals surface area contributed by atoms with Gasteiger partial charge < -0.3 is 5.73 Å². The Balaban J connectivity index is 3.22. The van der Waals surface area contributed by atoms with Crippen LogP contribution in [0.2, 0.25) is 0 Å². The van der Waals surface area contributed by atoms with Gasteiger partial charge >= 0.3 is 0 Å². The molecule has 0 fully saturated rings. The van der Waals surface area contributed by atoms with E-state index in [2.05, 4.69) is 6.92 Å². The van der Waals surface area contributed by atoms with Crippen molar-refractivity contribution in [2.45, 2.75) is 82.9 Å². The summed E-state index contributed by atoms with van der Waals surface area (Å²) < 4.78 is 30.0. The van der Waals surface area contributed by atoms with E-state index in [4.69, 9.17) is 10.3 Å². The fourth-order valence-corrected chi connectivity index (χ4v) is 2.45. The molecule has 4 nitrogen and oxygen atoms in total. The van der Waals surface area contributed by atoms with E-state index in [-0.39, 0.29) is 0 Å². The number of unbranched alkanes of at least 4 members (excludes halogenated alkanes) is 9. The van der Waals surface area contributed by atoms with Crippen LogP contribution in [0.25, 0.3) is 0 Å². The smallest absolute Gasteiger partial charge is 0.280 e. The summed E-state index contributed by atoms with van der Waals surface area (Å²) in [4.78, 5) is 0. The zero-order valence-corrected chi connectivity index (χ0v) is 12.4. The zero-order valence-electron chi connectivity index (χ0n) is 11.6. The predicted octanol–water partition coefficient (Wildman–Crippen LogP) is 3.47. The molecule has 0 aromatic heterocycles. The second-order valence-electron chi connectivity index (χ2n) is 5.02. The van der Waals surface area contributed by atoms with Gasteiger partial charge in [-0.2, -0.15) is 8.42 Å². The molecule has 0 aromatic rings. The number of rotatable bonds is 12. The third kappa shape index (κ3) is 11.0. The predicted molar refractivity (Wildman–Crippen MR) is 76.0 cm³/mol. The second-order valence-corrected chi connectivity index (χ2v) is 6.66. The van der Waals surface area contributed by atoms with Gasteiger partial charge in [-0.15, -0.1) is 0 Å². The van der Waals surface area contributed by atoms with Crippen LogP contribution in [0, 0.1) is 0 Å². The van der Waals surface area contributed by atoms with E-state index in [0.29, 0.717) is 6.42 Å². The number of nitrogens with two attached hydrogens (primary N) is 1. The van der Waals surface area contributed by atoms with Crippen LogP contribution in [0.15, 0.2) is 0 Å². The van der Waals surface area contributed by atoms with Crippen molar-refractivity contribution in [1.82, 2.24) is 0 Å². The monoisotopic (exact) mass is 279 g/mol. The van der Waals surface area contributed by atoms with Crippen molar-refractivity contribution in [3.05, 3.63) is 0 Å². The average Bonchev–Trinajstić information content (AvgIpc) is 2.30. The molecule has 0 aromatic carbocycles. The second kappa shape index (κ2) is 10.8. The fourth-order valence-electron chi connectivity index (χ4n) is 1.98. The summed E-state index contributed by atoms with van der Waals surface area (Å²) in [5, 5.41) is -1.11. The normalized spacial score (nSPS) is 13.7. The summed E-state index contributed by atoms with van der Waals surface area (Å²) in [6, 6.07) is 0. The van der Waals surface area contributed by atoms with Gasteiger partial charge in [-0.3, -0.25) is 4.55 Å². The highest BCUT2D eigenvalue weighted by atomic mass is 32.2. The van der Waals surface area contributed by atoms with Gasteiger partial charge in [0.05, 0.1) is 0 Å². The molecule has 3 N–H and O–H groups in total. The summed E-state index contributed by atoms with van der Waals surface area (Å²) in [5.74, 6) is 0. The molecule has 0 spiro atoms. The summed E-state index contributed by atoms with van der Waals surface area (Å²) in [6.07, 6.45) is 12.4. The Bertz CT molecular complexity index is 278. The van der Waals surface area contributed by atoms with E-state index < -0.39 is 15.5 Å². The number of hydrogen-bond acceptors (Lipinski definition) is 3. The highest BCUT2D eigenvalue weighted by Crippen LogP contribution is 2.12. The van der Waals surface area contributed by atoms with Gasteiger partial charge in [0.1, 0.15) is 5.37 Å². The van der Waals surface area contributed by atoms with Gasteiger partial charge in [0.2, 0.25) is 0 Å². The molecule has 5 heteroatoms. The van der Waals surface area contributed by atoms with Gasteiger partial charge in [-0.25, -0.2) is 0 Å². The van der Waals surface area contributed by atoms with E-state index in [1.807, 2.05) is 0 Å². The maximum atomic E-state index is 10.7. The highest BCUT2D eigenvalue weighted by Gasteiger charge is 2.16. The number of hydrogen-bond donors (Lipinski definition) is 2. The molecule has 0 bridgehead atoms. The minimum atomic E-state index is -4.04. The third-order valence-electron chi connectivity index (χ3n) is 3.22. The molecule has 110 valence electrons. The van der Waals surface area contributed by atoms with Crippen molar-refractivity contribution < 1.29 is 13.0 Å². The molecule has 0 rings (SSSR count). The van der Waals surface area contributed by atoms with Crippen LogP contribution in [0.3, 0.4) is 0 Å². The Labute approximate surface area is 112 Å². The topological polar surface area (TPSA) is 80.4 Å². The van der Waals surface area contributed by atoms with Crippen molar-refractivity contribution in [2.24, 2.45) is 5.73 Å². The van der Waals surface area contributed by atoms with E-state index in [1.54, 1.807) is 0 Å². The largest absolute Gasteiger partial charge is 0.313 e. The van der Waals surface area contributed by atoms with Crippen LogP contribution in [0.1, 0.15) is 77.6 Å². The molecule has 0 aliphatic rings. The molecular formula is C13H29NO3S. The highest BCUT2D eigenvalue weighted by molar-refractivity contribution is 7.86. The van der Waals surface area contributed by atoms with Crippen LogP contribution in [-0.4, -0.2) is 18.3 Å². The van der Waals surface area contributed by atoms with E-state index >= 15 is 0 Å². The Kier molecular flexibility index (Phi) is 10.7. The van der Waals surface area contributed by atoms with Crippen LogP contribution < -0.4 is 5.73 Å². The third-order valence-corrected chi connectivity index (χ3v) is 4.23. The van der Waals surface area contributed by atoms with Crippen molar-refractivity contribution >= 4 is 10.1 Å². The van der Waals surface area contributed by atoms with Crippen molar-refractivity contribution in [3.8, 4) is 0 Å². The Hall–Kier alpha value is -0.130. The molecule has 0 radical (unpaired) electrons. The Morgan fingerprint density at radius 3 is 1.67 bits per heavy atom. The van der Waals surface area contributed by atoms with Gasteiger partial charge in [-0.05, 0) is 6.42 Å². The molecule has 1 atom stereocenters.